The number of nitrogens with zero attached hydrogens (tertiary/aromatic N) is 1. The molecule has 96 valence electrons. The Hall–Kier alpha value is -1.52. The third kappa shape index (κ3) is 3.47. The number of carbonyl (C=O) groups is 2. The van der Waals surface area contributed by atoms with Gasteiger partial charge in [-0.1, -0.05) is 26.5 Å². The molecule has 1 heterocycles. The third-order valence-corrected chi connectivity index (χ3v) is 3.15. The van der Waals surface area contributed by atoms with Crippen molar-refractivity contribution in [2.75, 3.05) is 19.7 Å². The van der Waals surface area contributed by atoms with Crippen LogP contribution in [0, 0.1) is 11.3 Å². The molecular weight excluding hydrogens is 222 g/mol. The van der Waals surface area contributed by atoms with E-state index < -0.39 is 12.1 Å². The van der Waals surface area contributed by atoms with Crippen LogP contribution in [0.5, 0.6) is 0 Å². The fourth-order valence-corrected chi connectivity index (χ4v) is 2.11. The number of rotatable bonds is 4. The van der Waals surface area contributed by atoms with Gasteiger partial charge in [-0.2, -0.15) is 0 Å². The second-order valence-corrected chi connectivity index (χ2v) is 5.03. The van der Waals surface area contributed by atoms with Gasteiger partial charge in [0, 0.05) is 13.1 Å². The lowest BCUT2D eigenvalue weighted by Crippen LogP contribution is -2.30. The van der Waals surface area contributed by atoms with Gasteiger partial charge in [0.25, 0.3) is 0 Å². The highest BCUT2D eigenvalue weighted by Gasteiger charge is 2.42. The van der Waals surface area contributed by atoms with Gasteiger partial charge in [0.2, 0.25) is 0 Å². The van der Waals surface area contributed by atoms with Crippen molar-refractivity contribution in [2.24, 2.45) is 11.3 Å². The quantitative estimate of drug-likeness (QED) is 0.761. The molecule has 1 atom stereocenters. The first-order chi connectivity index (χ1) is 7.86. The standard InChI is InChI=1S/C12H19NO4/c1-4-5-17-11(16)13-7-9(6-10(14)15)12(2,3)8-13/h4,9H,1,5-8H2,2-3H3,(H,14,15). The molecule has 0 aliphatic carbocycles. The minimum Gasteiger partial charge on any atom is -0.481 e. The Morgan fingerprint density at radius 2 is 2.24 bits per heavy atom. The van der Waals surface area contributed by atoms with Gasteiger partial charge in [0.05, 0.1) is 6.42 Å². The summed E-state index contributed by atoms with van der Waals surface area (Å²) in [5, 5.41) is 8.82. The van der Waals surface area contributed by atoms with Gasteiger partial charge in [-0.3, -0.25) is 4.79 Å². The summed E-state index contributed by atoms with van der Waals surface area (Å²) in [6, 6.07) is 0. The highest BCUT2D eigenvalue weighted by Crippen LogP contribution is 2.37. The van der Waals surface area contributed by atoms with Crippen molar-refractivity contribution in [2.45, 2.75) is 20.3 Å². The van der Waals surface area contributed by atoms with E-state index in [0.29, 0.717) is 13.1 Å². The van der Waals surface area contributed by atoms with Crippen LogP contribution >= 0.6 is 0 Å². The number of hydrogen-bond donors (Lipinski definition) is 1. The van der Waals surface area contributed by atoms with E-state index in [9.17, 15) is 9.59 Å². The van der Waals surface area contributed by atoms with Crippen LogP contribution in [0.1, 0.15) is 20.3 Å². The number of amides is 1. The zero-order chi connectivity index (χ0) is 13.1. The summed E-state index contributed by atoms with van der Waals surface area (Å²) in [6.07, 6.45) is 1.19. The van der Waals surface area contributed by atoms with E-state index in [2.05, 4.69) is 6.58 Å². The van der Waals surface area contributed by atoms with Gasteiger partial charge in [0.15, 0.2) is 0 Å². The van der Waals surface area contributed by atoms with Crippen LogP contribution < -0.4 is 0 Å². The molecule has 1 N–H and O–H groups in total. The Morgan fingerprint density at radius 3 is 2.76 bits per heavy atom. The lowest BCUT2D eigenvalue weighted by Gasteiger charge is -2.23. The van der Waals surface area contributed by atoms with Crippen molar-refractivity contribution in [1.29, 1.82) is 0 Å². The molecule has 5 heteroatoms. The van der Waals surface area contributed by atoms with Crippen LogP contribution in [0.15, 0.2) is 12.7 Å². The van der Waals surface area contributed by atoms with E-state index in [4.69, 9.17) is 9.84 Å². The summed E-state index contributed by atoms with van der Waals surface area (Å²) in [5.41, 5.74) is -0.189. The Labute approximate surface area is 101 Å². The molecule has 0 saturated carbocycles. The maximum Gasteiger partial charge on any atom is 0.410 e. The SMILES string of the molecule is C=CCOC(=O)N1CC(CC(=O)O)C(C)(C)C1. The van der Waals surface area contributed by atoms with E-state index in [1.807, 2.05) is 13.8 Å². The first-order valence-corrected chi connectivity index (χ1v) is 5.61. The molecule has 0 radical (unpaired) electrons. The molecule has 0 bridgehead atoms. The van der Waals surface area contributed by atoms with E-state index in [0.717, 1.165) is 0 Å². The molecule has 1 saturated heterocycles. The number of ether oxygens (including phenoxy) is 1. The average molecular weight is 241 g/mol. The van der Waals surface area contributed by atoms with Gasteiger partial charge in [-0.05, 0) is 11.3 Å². The monoisotopic (exact) mass is 241 g/mol. The number of carbonyl (C=O) groups excluding carboxylic acids is 1. The van der Waals surface area contributed by atoms with Crippen LogP contribution in [0.4, 0.5) is 4.79 Å². The van der Waals surface area contributed by atoms with Gasteiger partial charge < -0.3 is 14.7 Å². The minimum atomic E-state index is -0.829. The van der Waals surface area contributed by atoms with Crippen molar-refractivity contribution in [3.8, 4) is 0 Å². The first-order valence-electron chi connectivity index (χ1n) is 5.61. The molecule has 1 aliphatic heterocycles. The predicted octanol–water partition coefficient (Wildman–Crippen LogP) is 1.74. The van der Waals surface area contributed by atoms with Gasteiger partial charge >= 0.3 is 12.1 Å². The van der Waals surface area contributed by atoms with E-state index in [1.54, 1.807) is 4.90 Å². The molecule has 17 heavy (non-hydrogen) atoms. The highest BCUT2D eigenvalue weighted by molar-refractivity contribution is 5.70. The zero-order valence-electron chi connectivity index (χ0n) is 10.3. The number of aliphatic carboxylic acids is 1. The van der Waals surface area contributed by atoms with Crippen molar-refractivity contribution >= 4 is 12.1 Å². The van der Waals surface area contributed by atoms with Crippen LogP contribution in [0.25, 0.3) is 0 Å². The van der Waals surface area contributed by atoms with Crippen molar-refractivity contribution in [1.82, 2.24) is 4.90 Å². The summed E-state index contributed by atoms with van der Waals surface area (Å²) in [5.74, 6) is -0.860. The molecule has 1 aliphatic rings. The van der Waals surface area contributed by atoms with Crippen molar-refractivity contribution in [3.63, 3.8) is 0 Å². The molecule has 0 aromatic heterocycles. The Kier molecular flexibility index (Phi) is 4.15. The largest absolute Gasteiger partial charge is 0.481 e. The molecule has 0 aromatic rings. The number of carboxylic acid groups (broad SMARTS) is 1. The Balaban J connectivity index is 2.60. The third-order valence-electron chi connectivity index (χ3n) is 3.15. The van der Waals surface area contributed by atoms with Crippen LogP contribution in [-0.4, -0.2) is 41.8 Å². The maximum absolute atomic E-state index is 11.6. The average Bonchev–Trinajstić information content (AvgIpc) is 2.50. The molecule has 1 amide bonds. The maximum atomic E-state index is 11.6. The number of carboxylic acids is 1. The molecule has 5 nitrogen and oxygen atoms in total. The summed E-state index contributed by atoms with van der Waals surface area (Å²) < 4.78 is 4.94. The molecule has 1 fully saturated rings. The van der Waals surface area contributed by atoms with Gasteiger partial charge in [-0.15, -0.1) is 0 Å². The normalized spacial score (nSPS) is 22.2. The van der Waals surface area contributed by atoms with E-state index in [-0.39, 0.29) is 24.4 Å². The Morgan fingerprint density at radius 1 is 1.59 bits per heavy atom. The molecule has 0 aromatic carbocycles. The fourth-order valence-electron chi connectivity index (χ4n) is 2.11. The van der Waals surface area contributed by atoms with Crippen molar-refractivity contribution < 1.29 is 19.4 Å². The van der Waals surface area contributed by atoms with Crippen LogP contribution in [-0.2, 0) is 9.53 Å². The van der Waals surface area contributed by atoms with Crippen LogP contribution in [0.3, 0.4) is 0 Å². The smallest absolute Gasteiger partial charge is 0.410 e. The summed E-state index contributed by atoms with van der Waals surface area (Å²) >= 11 is 0. The predicted molar refractivity (Wildman–Crippen MR) is 62.6 cm³/mol. The lowest BCUT2D eigenvalue weighted by molar-refractivity contribution is -0.138. The number of hydrogen-bond acceptors (Lipinski definition) is 3. The molecule has 0 spiro atoms. The van der Waals surface area contributed by atoms with Crippen molar-refractivity contribution in [3.05, 3.63) is 12.7 Å². The second kappa shape index (κ2) is 5.21. The second-order valence-electron chi connectivity index (χ2n) is 5.03. The van der Waals surface area contributed by atoms with Crippen LogP contribution in [0.2, 0.25) is 0 Å². The highest BCUT2D eigenvalue weighted by atomic mass is 16.6. The lowest BCUT2D eigenvalue weighted by atomic mass is 9.80. The number of likely N-dealkylation sites (tertiary alicyclic amines) is 1. The summed E-state index contributed by atoms with van der Waals surface area (Å²) in [7, 11) is 0. The van der Waals surface area contributed by atoms with Gasteiger partial charge in [0.1, 0.15) is 6.61 Å². The topological polar surface area (TPSA) is 66.8 Å². The Bertz CT molecular complexity index is 324. The molecular formula is C12H19NO4. The first kappa shape index (κ1) is 13.5. The summed E-state index contributed by atoms with van der Waals surface area (Å²) in [6.45, 7) is 8.56. The summed E-state index contributed by atoms with van der Waals surface area (Å²) in [4.78, 5) is 23.9. The van der Waals surface area contributed by atoms with E-state index in [1.165, 1.54) is 6.08 Å². The fraction of sp³-hybridized carbons (Fsp3) is 0.667. The molecule has 1 rings (SSSR count). The molecule has 1 unspecified atom stereocenters. The van der Waals surface area contributed by atoms with Gasteiger partial charge in [-0.25, -0.2) is 4.79 Å². The zero-order valence-corrected chi connectivity index (χ0v) is 10.3. The minimum absolute atomic E-state index is 0.0312. The van der Waals surface area contributed by atoms with E-state index >= 15 is 0 Å².